The highest BCUT2D eigenvalue weighted by Crippen LogP contribution is 2.30. The number of hydrogen-bond donors (Lipinski definition) is 1. The predicted octanol–water partition coefficient (Wildman–Crippen LogP) is 5.38. The predicted molar refractivity (Wildman–Crippen MR) is 125 cm³/mol. The largest absolute Gasteiger partial charge is 0.466 e. The number of ether oxygens (including phenoxy) is 1. The van der Waals surface area contributed by atoms with Crippen LogP contribution < -0.4 is 10.6 Å². The number of nitrogens with two attached hydrogens (primary N) is 1. The summed E-state index contributed by atoms with van der Waals surface area (Å²) < 4.78 is 4.99. The van der Waals surface area contributed by atoms with Crippen LogP contribution in [0, 0.1) is 0 Å². The third-order valence-corrected chi connectivity index (χ3v) is 5.04. The number of nitrogen functional groups attached to an aromatic ring is 1. The Labute approximate surface area is 184 Å². The molecule has 0 atom stereocenters. The molecule has 2 N–H and O–H groups in total. The van der Waals surface area contributed by atoms with E-state index in [1.807, 2.05) is 61.7 Å². The van der Waals surface area contributed by atoms with Crippen molar-refractivity contribution in [3.8, 4) is 11.1 Å². The Bertz CT molecular complexity index is 963. The van der Waals surface area contributed by atoms with Gasteiger partial charge in [-0.25, -0.2) is 9.97 Å². The second kappa shape index (κ2) is 11.7. The molecule has 6 nitrogen and oxygen atoms in total. The van der Waals surface area contributed by atoms with E-state index in [9.17, 15) is 4.79 Å². The van der Waals surface area contributed by atoms with Gasteiger partial charge in [0.1, 0.15) is 11.6 Å². The first-order chi connectivity index (χ1) is 15.2. The molecular weight excluding hydrogens is 388 g/mol. The van der Waals surface area contributed by atoms with E-state index in [-0.39, 0.29) is 5.97 Å². The molecular formula is C25H30N4O2. The maximum atomic E-state index is 11.5. The lowest BCUT2D eigenvalue weighted by atomic mass is 10.0. The first kappa shape index (κ1) is 22.3. The van der Waals surface area contributed by atoms with E-state index in [0.29, 0.717) is 13.0 Å². The van der Waals surface area contributed by atoms with E-state index in [1.54, 1.807) is 6.20 Å². The average Bonchev–Trinajstić information content (AvgIpc) is 2.80. The monoisotopic (exact) mass is 418 g/mol. The van der Waals surface area contributed by atoms with Gasteiger partial charge in [0.05, 0.1) is 6.61 Å². The molecule has 0 spiro atoms. The van der Waals surface area contributed by atoms with Crippen molar-refractivity contribution < 1.29 is 9.53 Å². The van der Waals surface area contributed by atoms with Gasteiger partial charge in [-0.3, -0.25) is 4.79 Å². The molecule has 0 amide bonds. The maximum Gasteiger partial charge on any atom is 0.305 e. The summed E-state index contributed by atoms with van der Waals surface area (Å²) in [4.78, 5) is 22.8. The molecule has 0 unspecified atom stereocenters. The van der Waals surface area contributed by atoms with Gasteiger partial charge in [0.15, 0.2) is 0 Å². The number of rotatable bonds is 11. The molecule has 2 heterocycles. The summed E-state index contributed by atoms with van der Waals surface area (Å²) in [5, 5.41) is 0. The minimum atomic E-state index is -0.112. The topological polar surface area (TPSA) is 81.3 Å². The van der Waals surface area contributed by atoms with E-state index < -0.39 is 0 Å². The molecule has 3 aromatic rings. The number of anilines is 3. The number of nitrogens with zero attached hydrogens (tertiary/aromatic N) is 3. The number of hydrogen-bond acceptors (Lipinski definition) is 6. The van der Waals surface area contributed by atoms with E-state index in [4.69, 9.17) is 10.5 Å². The maximum absolute atomic E-state index is 11.5. The van der Waals surface area contributed by atoms with Gasteiger partial charge in [0.2, 0.25) is 0 Å². The zero-order chi connectivity index (χ0) is 21.9. The number of esters is 1. The number of para-hydroxylation sites is 1. The van der Waals surface area contributed by atoms with Crippen LogP contribution in [0.15, 0.2) is 67.0 Å². The van der Waals surface area contributed by atoms with Crippen LogP contribution in [0.1, 0.15) is 39.0 Å². The Morgan fingerprint density at radius 3 is 2.48 bits per heavy atom. The zero-order valence-electron chi connectivity index (χ0n) is 18.0. The lowest BCUT2D eigenvalue weighted by molar-refractivity contribution is -0.143. The van der Waals surface area contributed by atoms with Gasteiger partial charge in [0.25, 0.3) is 0 Å². The zero-order valence-corrected chi connectivity index (χ0v) is 18.0. The molecule has 0 radical (unpaired) electrons. The highest BCUT2D eigenvalue weighted by atomic mass is 16.5. The standard InChI is InChI=1S/C25H30N4O2/c1-2-31-25(30)14-5-3-4-10-18-29(23-13-8-9-16-27-23)24-19-20(15-17-28-24)21-11-6-7-12-22(21)26/h6-9,11-13,15-17,19H,2-5,10,14,18,26H2,1H3. The van der Waals surface area contributed by atoms with Crippen molar-refractivity contribution in [2.45, 2.75) is 39.0 Å². The number of pyridine rings is 2. The first-order valence-electron chi connectivity index (χ1n) is 10.8. The number of carbonyl (C=O) groups is 1. The van der Waals surface area contributed by atoms with Gasteiger partial charge in [0, 0.05) is 36.6 Å². The van der Waals surface area contributed by atoms with Crippen molar-refractivity contribution in [3.63, 3.8) is 0 Å². The second-order valence-corrected chi connectivity index (χ2v) is 7.30. The van der Waals surface area contributed by atoms with Crippen LogP contribution >= 0.6 is 0 Å². The van der Waals surface area contributed by atoms with Crippen molar-refractivity contribution >= 4 is 23.3 Å². The van der Waals surface area contributed by atoms with Gasteiger partial charge in [-0.2, -0.15) is 0 Å². The van der Waals surface area contributed by atoms with E-state index in [0.717, 1.165) is 60.7 Å². The van der Waals surface area contributed by atoms with Crippen molar-refractivity contribution in [2.24, 2.45) is 0 Å². The van der Waals surface area contributed by atoms with Crippen molar-refractivity contribution in [1.82, 2.24) is 9.97 Å². The minimum absolute atomic E-state index is 0.112. The van der Waals surface area contributed by atoms with E-state index >= 15 is 0 Å². The lowest BCUT2D eigenvalue weighted by Crippen LogP contribution is -2.20. The van der Waals surface area contributed by atoms with Crippen molar-refractivity contribution in [3.05, 3.63) is 67.0 Å². The fourth-order valence-corrected chi connectivity index (χ4v) is 3.48. The van der Waals surface area contributed by atoms with Crippen LogP contribution in [0.2, 0.25) is 0 Å². The normalized spacial score (nSPS) is 10.6. The summed E-state index contributed by atoms with van der Waals surface area (Å²) in [6.45, 7) is 3.06. The third-order valence-electron chi connectivity index (χ3n) is 5.04. The average molecular weight is 419 g/mol. The number of benzene rings is 1. The fourth-order valence-electron chi connectivity index (χ4n) is 3.48. The summed E-state index contributed by atoms with van der Waals surface area (Å²) in [6.07, 6.45) is 7.92. The van der Waals surface area contributed by atoms with Crippen LogP contribution in [0.25, 0.3) is 11.1 Å². The smallest absolute Gasteiger partial charge is 0.305 e. The molecule has 162 valence electrons. The number of carbonyl (C=O) groups excluding carboxylic acids is 1. The molecule has 31 heavy (non-hydrogen) atoms. The van der Waals surface area contributed by atoms with Gasteiger partial charge >= 0.3 is 5.97 Å². The van der Waals surface area contributed by atoms with Gasteiger partial charge in [-0.15, -0.1) is 0 Å². The Morgan fingerprint density at radius 2 is 1.71 bits per heavy atom. The molecule has 1 aromatic carbocycles. The van der Waals surface area contributed by atoms with Gasteiger partial charge in [-0.1, -0.05) is 37.1 Å². The minimum Gasteiger partial charge on any atom is -0.466 e. The Kier molecular flexibility index (Phi) is 8.40. The van der Waals surface area contributed by atoms with Crippen molar-refractivity contribution in [2.75, 3.05) is 23.8 Å². The fraction of sp³-hybridized carbons (Fsp3) is 0.320. The molecule has 0 aliphatic carbocycles. The van der Waals surface area contributed by atoms with Gasteiger partial charge in [-0.05, 0) is 55.7 Å². The summed E-state index contributed by atoms with van der Waals surface area (Å²) in [5.74, 6) is 1.59. The van der Waals surface area contributed by atoms with E-state index in [2.05, 4.69) is 20.9 Å². The molecule has 0 saturated carbocycles. The Hall–Kier alpha value is -3.41. The Morgan fingerprint density at radius 1 is 0.935 bits per heavy atom. The van der Waals surface area contributed by atoms with Crippen LogP contribution in [-0.4, -0.2) is 29.1 Å². The third kappa shape index (κ3) is 6.54. The molecule has 0 saturated heterocycles. The summed E-state index contributed by atoms with van der Waals surface area (Å²) in [6, 6.07) is 17.8. The van der Waals surface area contributed by atoms with Gasteiger partial charge < -0.3 is 15.4 Å². The SMILES string of the molecule is CCOC(=O)CCCCCCN(c1ccccn1)c1cc(-c2ccccc2N)ccn1. The van der Waals surface area contributed by atoms with Crippen LogP contribution in [0.5, 0.6) is 0 Å². The highest BCUT2D eigenvalue weighted by molar-refractivity contribution is 5.78. The molecule has 2 aromatic heterocycles. The molecule has 3 rings (SSSR count). The van der Waals surface area contributed by atoms with Crippen molar-refractivity contribution in [1.29, 1.82) is 0 Å². The molecule has 0 aliphatic rings. The van der Waals surface area contributed by atoms with Crippen LogP contribution in [0.3, 0.4) is 0 Å². The number of unbranched alkanes of at least 4 members (excludes halogenated alkanes) is 3. The molecule has 6 heteroatoms. The quantitative estimate of drug-likeness (QED) is 0.256. The lowest BCUT2D eigenvalue weighted by Gasteiger charge is -2.23. The second-order valence-electron chi connectivity index (χ2n) is 7.30. The molecule has 0 bridgehead atoms. The summed E-state index contributed by atoms with van der Waals surface area (Å²) in [7, 11) is 0. The molecule has 0 fully saturated rings. The Balaban J connectivity index is 1.68. The first-order valence-corrected chi connectivity index (χ1v) is 10.8. The highest BCUT2D eigenvalue weighted by Gasteiger charge is 2.13. The summed E-state index contributed by atoms with van der Waals surface area (Å²) in [5.41, 5.74) is 8.94. The summed E-state index contributed by atoms with van der Waals surface area (Å²) >= 11 is 0. The van der Waals surface area contributed by atoms with Crippen LogP contribution in [-0.2, 0) is 9.53 Å². The van der Waals surface area contributed by atoms with Crippen LogP contribution in [0.4, 0.5) is 17.3 Å². The molecule has 0 aliphatic heterocycles. The number of aromatic nitrogens is 2. The van der Waals surface area contributed by atoms with E-state index in [1.165, 1.54) is 0 Å².